The Bertz CT molecular complexity index is 306. The van der Waals surface area contributed by atoms with E-state index in [9.17, 15) is 4.79 Å². The molecule has 0 aliphatic carbocycles. The average molecular weight is 227 g/mol. The molecular formula is C11H17NO4. The van der Waals surface area contributed by atoms with Crippen LogP contribution >= 0.6 is 0 Å². The first-order valence-electron chi connectivity index (χ1n) is 4.77. The van der Waals surface area contributed by atoms with E-state index in [1.807, 2.05) is 12.1 Å². The lowest BCUT2D eigenvalue weighted by molar-refractivity contribution is -0.139. The van der Waals surface area contributed by atoms with Crippen molar-refractivity contribution in [1.82, 2.24) is 0 Å². The second-order valence-electron chi connectivity index (χ2n) is 2.92. The number of aliphatic hydroxyl groups is 1. The van der Waals surface area contributed by atoms with Gasteiger partial charge in [0.25, 0.3) is 0 Å². The molecule has 0 fully saturated rings. The minimum absolute atomic E-state index is 0.0473. The van der Waals surface area contributed by atoms with Gasteiger partial charge in [-0.3, -0.25) is 0 Å². The molecule has 0 saturated carbocycles. The van der Waals surface area contributed by atoms with Gasteiger partial charge in [0.15, 0.2) is 0 Å². The number of aliphatic hydroxyl groups excluding tert-OH is 1. The van der Waals surface area contributed by atoms with Crippen molar-refractivity contribution in [2.45, 2.75) is 13.5 Å². The summed E-state index contributed by atoms with van der Waals surface area (Å²) >= 11 is 0. The van der Waals surface area contributed by atoms with Crippen molar-refractivity contribution < 1.29 is 19.1 Å². The molecule has 0 unspecified atom stereocenters. The van der Waals surface area contributed by atoms with Crippen LogP contribution in [-0.2, 0) is 16.1 Å². The zero-order chi connectivity index (χ0) is 12.4. The molecule has 1 rings (SSSR count). The van der Waals surface area contributed by atoms with E-state index in [4.69, 9.17) is 15.3 Å². The van der Waals surface area contributed by atoms with Gasteiger partial charge in [0.1, 0.15) is 12.4 Å². The molecule has 0 atom stereocenters. The maximum atomic E-state index is 10.5. The highest BCUT2D eigenvalue weighted by molar-refractivity contribution is 5.86. The Labute approximate surface area is 94.5 Å². The fourth-order valence-electron chi connectivity index (χ4n) is 0.690. The summed E-state index contributed by atoms with van der Waals surface area (Å²) in [7, 11) is 0. The Morgan fingerprint density at radius 1 is 1.69 bits per heavy atom. The lowest BCUT2D eigenvalue weighted by Gasteiger charge is -1.99. The van der Waals surface area contributed by atoms with Gasteiger partial charge < -0.3 is 20.0 Å². The fourth-order valence-corrected chi connectivity index (χ4v) is 0.690. The van der Waals surface area contributed by atoms with E-state index in [0.29, 0.717) is 12.1 Å². The van der Waals surface area contributed by atoms with E-state index >= 15 is 0 Å². The van der Waals surface area contributed by atoms with E-state index in [1.54, 1.807) is 13.2 Å². The van der Waals surface area contributed by atoms with Crippen LogP contribution in [0.3, 0.4) is 0 Å². The Hall–Kier alpha value is -1.59. The van der Waals surface area contributed by atoms with Crippen LogP contribution in [0.15, 0.2) is 35.0 Å². The average Bonchev–Trinajstić information content (AvgIpc) is 2.79. The molecule has 1 aromatic rings. The van der Waals surface area contributed by atoms with Crippen molar-refractivity contribution in [3.05, 3.63) is 36.3 Å². The number of hydrogen-bond donors (Lipinski definition) is 2. The van der Waals surface area contributed by atoms with Crippen LogP contribution in [0.2, 0.25) is 0 Å². The first-order valence-corrected chi connectivity index (χ1v) is 4.77. The third kappa shape index (κ3) is 6.80. The number of ether oxygens (including phenoxy) is 1. The van der Waals surface area contributed by atoms with Gasteiger partial charge >= 0.3 is 5.97 Å². The van der Waals surface area contributed by atoms with E-state index in [0.717, 1.165) is 5.76 Å². The molecule has 0 spiro atoms. The standard InChI is InChI=1S/C6H10O3.C5H7NO/c1-5(2)6(8)9-4-3-7;6-4-5-2-1-3-7-5/h7H,1,3-4H2,2H3;1-3H,4,6H2. The number of hydrogen-bond acceptors (Lipinski definition) is 5. The summed E-state index contributed by atoms with van der Waals surface area (Å²) in [5.74, 6) is 0.379. The maximum absolute atomic E-state index is 10.5. The van der Waals surface area contributed by atoms with E-state index in [1.165, 1.54) is 0 Å². The molecule has 0 amide bonds. The minimum Gasteiger partial charge on any atom is -0.468 e. The van der Waals surface area contributed by atoms with Crippen LogP contribution in [0.4, 0.5) is 0 Å². The van der Waals surface area contributed by atoms with Gasteiger partial charge in [-0.25, -0.2) is 4.79 Å². The Kier molecular flexibility index (Phi) is 7.83. The fraction of sp³-hybridized carbons (Fsp3) is 0.364. The summed E-state index contributed by atoms with van der Waals surface area (Å²) in [6.07, 6.45) is 1.61. The SMILES string of the molecule is C=C(C)C(=O)OCCO.NCc1ccco1. The molecule has 0 aliphatic heterocycles. The largest absolute Gasteiger partial charge is 0.468 e. The molecule has 0 radical (unpaired) electrons. The molecular weight excluding hydrogens is 210 g/mol. The number of nitrogens with two attached hydrogens (primary N) is 1. The summed E-state index contributed by atoms with van der Waals surface area (Å²) in [6, 6.07) is 3.67. The maximum Gasteiger partial charge on any atom is 0.333 e. The third-order valence-electron chi connectivity index (χ3n) is 1.45. The van der Waals surface area contributed by atoms with Crippen LogP contribution in [0, 0.1) is 0 Å². The monoisotopic (exact) mass is 227 g/mol. The quantitative estimate of drug-likeness (QED) is 0.588. The molecule has 1 aromatic heterocycles. The van der Waals surface area contributed by atoms with Crippen LogP contribution in [0.1, 0.15) is 12.7 Å². The molecule has 0 aliphatic rings. The van der Waals surface area contributed by atoms with Gasteiger partial charge in [-0.2, -0.15) is 0 Å². The zero-order valence-corrected chi connectivity index (χ0v) is 9.31. The molecule has 0 aromatic carbocycles. The molecule has 5 nitrogen and oxygen atoms in total. The number of furan rings is 1. The van der Waals surface area contributed by atoms with Gasteiger partial charge in [0, 0.05) is 5.57 Å². The van der Waals surface area contributed by atoms with Gasteiger partial charge in [0.2, 0.25) is 0 Å². The lowest BCUT2D eigenvalue weighted by atomic mass is 10.4. The first kappa shape index (κ1) is 14.4. The van der Waals surface area contributed by atoms with Crippen molar-refractivity contribution in [1.29, 1.82) is 0 Å². The summed E-state index contributed by atoms with van der Waals surface area (Å²) in [6.45, 7) is 5.31. The molecule has 5 heteroatoms. The number of carbonyl (C=O) groups is 1. The first-order chi connectivity index (χ1) is 7.61. The zero-order valence-electron chi connectivity index (χ0n) is 9.31. The predicted octanol–water partition coefficient (Wildman–Crippen LogP) is 0.836. The third-order valence-corrected chi connectivity index (χ3v) is 1.45. The van der Waals surface area contributed by atoms with E-state index < -0.39 is 5.97 Å². The summed E-state index contributed by atoms with van der Waals surface area (Å²) in [5, 5.41) is 8.19. The number of rotatable bonds is 4. The number of esters is 1. The van der Waals surface area contributed by atoms with Gasteiger partial charge in [-0.1, -0.05) is 6.58 Å². The molecule has 3 N–H and O–H groups in total. The van der Waals surface area contributed by atoms with Crippen molar-refractivity contribution in [2.24, 2.45) is 5.73 Å². The van der Waals surface area contributed by atoms with Crippen LogP contribution < -0.4 is 5.73 Å². The van der Waals surface area contributed by atoms with Gasteiger partial charge in [0.05, 0.1) is 19.4 Å². The highest BCUT2D eigenvalue weighted by Crippen LogP contribution is 1.95. The van der Waals surface area contributed by atoms with E-state index in [-0.39, 0.29) is 13.2 Å². The van der Waals surface area contributed by atoms with Crippen molar-refractivity contribution in [2.75, 3.05) is 13.2 Å². The van der Waals surface area contributed by atoms with Crippen molar-refractivity contribution in [3.8, 4) is 0 Å². The topological polar surface area (TPSA) is 85.7 Å². The normalized spacial score (nSPS) is 8.94. The second-order valence-corrected chi connectivity index (χ2v) is 2.92. The van der Waals surface area contributed by atoms with Gasteiger partial charge in [-0.05, 0) is 19.1 Å². The predicted molar refractivity (Wildman–Crippen MR) is 59.5 cm³/mol. The minimum atomic E-state index is -0.455. The molecule has 1 heterocycles. The highest BCUT2D eigenvalue weighted by Gasteiger charge is 1.99. The highest BCUT2D eigenvalue weighted by atomic mass is 16.5. The Balaban J connectivity index is 0.000000288. The van der Waals surface area contributed by atoms with Crippen molar-refractivity contribution in [3.63, 3.8) is 0 Å². The van der Waals surface area contributed by atoms with Crippen LogP contribution in [0.5, 0.6) is 0 Å². The Morgan fingerprint density at radius 2 is 2.38 bits per heavy atom. The van der Waals surface area contributed by atoms with Crippen molar-refractivity contribution >= 4 is 5.97 Å². The van der Waals surface area contributed by atoms with Gasteiger partial charge in [-0.15, -0.1) is 0 Å². The smallest absolute Gasteiger partial charge is 0.333 e. The van der Waals surface area contributed by atoms with E-state index in [2.05, 4.69) is 11.3 Å². The molecule has 16 heavy (non-hydrogen) atoms. The summed E-state index contributed by atoms with van der Waals surface area (Å²) in [5.41, 5.74) is 5.55. The molecule has 0 bridgehead atoms. The molecule has 0 saturated heterocycles. The lowest BCUT2D eigenvalue weighted by Crippen LogP contribution is -2.08. The Morgan fingerprint density at radius 3 is 2.69 bits per heavy atom. The van der Waals surface area contributed by atoms with Crippen LogP contribution in [0.25, 0.3) is 0 Å². The summed E-state index contributed by atoms with van der Waals surface area (Å²) < 4.78 is 9.32. The summed E-state index contributed by atoms with van der Waals surface area (Å²) in [4.78, 5) is 10.5. The molecule has 90 valence electrons. The number of carbonyl (C=O) groups excluding carboxylic acids is 1. The second kappa shape index (κ2) is 8.70. The van der Waals surface area contributed by atoms with Crippen LogP contribution in [-0.4, -0.2) is 24.3 Å².